The summed E-state index contributed by atoms with van der Waals surface area (Å²) in [6.07, 6.45) is 13.1. The zero-order valence-electron chi connectivity index (χ0n) is 8.21. The van der Waals surface area contributed by atoms with Crippen LogP contribution in [0, 0.1) is 17.8 Å². The van der Waals surface area contributed by atoms with E-state index in [1.165, 1.54) is 38.5 Å². The standard InChI is InChI=1S/C12H19N/c13-12(7-8-12)6-5-11(9-1-2-9)10-3-4-10/h5-6,9-11H,1-4,7-8,13H2/b6-5+. The molecule has 0 amide bonds. The molecule has 0 heterocycles. The Kier molecular flexibility index (Phi) is 1.61. The minimum atomic E-state index is 0.127. The van der Waals surface area contributed by atoms with Gasteiger partial charge >= 0.3 is 0 Å². The molecule has 3 fully saturated rings. The maximum atomic E-state index is 6.05. The van der Waals surface area contributed by atoms with E-state index in [2.05, 4.69) is 12.2 Å². The molecule has 0 bridgehead atoms. The Labute approximate surface area is 80.4 Å². The van der Waals surface area contributed by atoms with E-state index in [1.807, 2.05) is 0 Å². The predicted octanol–water partition coefficient (Wildman–Crippen LogP) is 2.47. The van der Waals surface area contributed by atoms with Gasteiger partial charge in [-0.05, 0) is 56.3 Å². The van der Waals surface area contributed by atoms with Crippen LogP contribution in [0.4, 0.5) is 0 Å². The molecule has 3 rings (SSSR count). The molecular formula is C12H19N. The first-order valence-corrected chi connectivity index (χ1v) is 5.75. The molecule has 0 aromatic rings. The Hall–Kier alpha value is -0.300. The molecule has 0 radical (unpaired) electrons. The molecule has 1 heteroatoms. The van der Waals surface area contributed by atoms with Crippen molar-refractivity contribution in [3.05, 3.63) is 12.2 Å². The van der Waals surface area contributed by atoms with Gasteiger partial charge in [-0.2, -0.15) is 0 Å². The van der Waals surface area contributed by atoms with Crippen LogP contribution >= 0.6 is 0 Å². The van der Waals surface area contributed by atoms with Crippen molar-refractivity contribution >= 4 is 0 Å². The summed E-state index contributed by atoms with van der Waals surface area (Å²) in [5.74, 6) is 2.97. The molecule has 72 valence electrons. The predicted molar refractivity (Wildman–Crippen MR) is 54.2 cm³/mol. The smallest absolute Gasteiger partial charge is 0.0340 e. The average Bonchev–Trinajstić information content (AvgIpc) is 2.95. The first-order valence-electron chi connectivity index (χ1n) is 5.75. The fraction of sp³-hybridized carbons (Fsp3) is 0.833. The molecule has 3 aliphatic carbocycles. The number of rotatable bonds is 4. The van der Waals surface area contributed by atoms with Crippen molar-refractivity contribution < 1.29 is 0 Å². The SMILES string of the molecule is NC1(/C=C/C(C2CC2)C2CC2)CC1. The third kappa shape index (κ3) is 1.80. The zero-order valence-corrected chi connectivity index (χ0v) is 8.21. The van der Waals surface area contributed by atoms with Gasteiger partial charge in [-0.15, -0.1) is 0 Å². The molecule has 1 nitrogen and oxygen atoms in total. The van der Waals surface area contributed by atoms with E-state index in [-0.39, 0.29) is 5.54 Å². The topological polar surface area (TPSA) is 26.0 Å². The maximum absolute atomic E-state index is 6.05. The summed E-state index contributed by atoms with van der Waals surface area (Å²) in [6.45, 7) is 0. The lowest BCUT2D eigenvalue weighted by Crippen LogP contribution is -2.18. The summed E-state index contributed by atoms with van der Waals surface area (Å²) in [4.78, 5) is 0. The van der Waals surface area contributed by atoms with Crippen LogP contribution in [0.15, 0.2) is 12.2 Å². The van der Waals surface area contributed by atoms with Crippen LogP contribution in [0.5, 0.6) is 0 Å². The van der Waals surface area contributed by atoms with Crippen molar-refractivity contribution in [3.63, 3.8) is 0 Å². The van der Waals surface area contributed by atoms with Gasteiger partial charge in [0.15, 0.2) is 0 Å². The van der Waals surface area contributed by atoms with Crippen LogP contribution in [-0.2, 0) is 0 Å². The van der Waals surface area contributed by atoms with E-state index in [9.17, 15) is 0 Å². The lowest BCUT2D eigenvalue weighted by Gasteiger charge is -2.10. The van der Waals surface area contributed by atoms with Crippen LogP contribution in [-0.4, -0.2) is 5.54 Å². The molecule has 13 heavy (non-hydrogen) atoms. The third-order valence-corrected chi connectivity index (χ3v) is 3.81. The molecule has 0 atom stereocenters. The van der Waals surface area contributed by atoms with Crippen molar-refractivity contribution in [1.29, 1.82) is 0 Å². The molecule has 0 spiro atoms. The van der Waals surface area contributed by atoms with Crippen molar-refractivity contribution in [1.82, 2.24) is 0 Å². The van der Waals surface area contributed by atoms with Crippen LogP contribution in [0.3, 0.4) is 0 Å². The van der Waals surface area contributed by atoms with Crippen LogP contribution < -0.4 is 5.73 Å². The minimum Gasteiger partial charge on any atom is -0.322 e. The number of nitrogens with two attached hydrogens (primary N) is 1. The molecular weight excluding hydrogens is 158 g/mol. The lowest BCUT2D eigenvalue weighted by molar-refractivity contribution is 0.498. The molecule has 0 saturated heterocycles. The average molecular weight is 177 g/mol. The second-order valence-electron chi connectivity index (χ2n) is 5.34. The van der Waals surface area contributed by atoms with Gasteiger partial charge in [-0.3, -0.25) is 0 Å². The summed E-state index contributed by atoms with van der Waals surface area (Å²) in [6, 6.07) is 0. The third-order valence-electron chi connectivity index (χ3n) is 3.81. The fourth-order valence-corrected chi connectivity index (χ4v) is 2.28. The summed E-state index contributed by atoms with van der Waals surface area (Å²) in [7, 11) is 0. The number of hydrogen-bond acceptors (Lipinski definition) is 1. The van der Waals surface area contributed by atoms with Gasteiger partial charge in [-0.1, -0.05) is 12.2 Å². The van der Waals surface area contributed by atoms with Gasteiger partial charge in [-0.25, -0.2) is 0 Å². The molecule has 0 aromatic heterocycles. The van der Waals surface area contributed by atoms with Crippen LogP contribution in [0.2, 0.25) is 0 Å². The van der Waals surface area contributed by atoms with E-state index in [4.69, 9.17) is 5.73 Å². The van der Waals surface area contributed by atoms with Crippen molar-refractivity contribution in [2.45, 2.75) is 44.1 Å². The van der Waals surface area contributed by atoms with Crippen LogP contribution in [0.25, 0.3) is 0 Å². The molecule has 0 aromatic carbocycles. The first-order chi connectivity index (χ1) is 6.27. The molecule has 0 unspecified atom stereocenters. The molecule has 3 aliphatic rings. The lowest BCUT2D eigenvalue weighted by atomic mass is 9.96. The molecule has 2 N–H and O–H groups in total. The van der Waals surface area contributed by atoms with E-state index in [0.29, 0.717) is 0 Å². The largest absolute Gasteiger partial charge is 0.322 e. The highest BCUT2D eigenvalue weighted by molar-refractivity contribution is 5.17. The van der Waals surface area contributed by atoms with Gasteiger partial charge in [0.1, 0.15) is 0 Å². The Balaban J connectivity index is 1.63. The quantitative estimate of drug-likeness (QED) is 0.656. The highest BCUT2D eigenvalue weighted by atomic mass is 14.8. The van der Waals surface area contributed by atoms with E-state index < -0.39 is 0 Å². The van der Waals surface area contributed by atoms with Crippen molar-refractivity contribution in [2.24, 2.45) is 23.5 Å². The van der Waals surface area contributed by atoms with Gasteiger partial charge in [0.2, 0.25) is 0 Å². The highest BCUT2D eigenvalue weighted by Gasteiger charge is 2.41. The van der Waals surface area contributed by atoms with Gasteiger partial charge in [0, 0.05) is 5.54 Å². The van der Waals surface area contributed by atoms with Gasteiger partial charge in [0.25, 0.3) is 0 Å². The van der Waals surface area contributed by atoms with Crippen LogP contribution in [0.1, 0.15) is 38.5 Å². The minimum absolute atomic E-state index is 0.127. The van der Waals surface area contributed by atoms with Crippen molar-refractivity contribution in [2.75, 3.05) is 0 Å². The molecule has 0 aliphatic heterocycles. The number of hydrogen-bond donors (Lipinski definition) is 1. The number of allylic oxidation sites excluding steroid dienone is 1. The summed E-state index contributed by atoms with van der Waals surface area (Å²) in [5, 5.41) is 0. The monoisotopic (exact) mass is 177 g/mol. The molecule has 3 saturated carbocycles. The summed E-state index contributed by atoms with van der Waals surface area (Å²) >= 11 is 0. The zero-order chi connectivity index (χ0) is 8.89. The van der Waals surface area contributed by atoms with E-state index >= 15 is 0 Å². The summed E-state index contributed by atoms with van der Waals surface area (Å²) in [5.41, 5.74) is 6.18. The summed E-state index contributed by atoms with van der Waals surface area (Å²) < 4.78 is 0. The first kappa shape index (κ1) is 8.05. The van der Waals surface area contributed by atoms with Gasteiger partial charge < -0.3 is 5.73 Å². The van der Waals surface area contributed by atoms with Gasteiger partial charge in [0.05, 0.1) is 0 Å². The van der Waals surface area contributed by atoms with E-state index in [0.717, 1.165) is 17.8 Å². The van der Waals surface area contributed by atoms with E-state index in [1.54, 1.807) is 0 Å². The highest BCUT2D eigenvalue weighted by Crippen LogP contribution is 2.50. The Morgan fingerprint density at radius 3 is 2.00 bits per heavy atom. The van der Waals surface area contributed by atoms with Crippen molar-refractivity contribution in [3.8, 4) is 0 Å². The Bertz CT molecular complexity index is 220. The Morgan fingerprint density at radius 1 is 1.08 bits per heavy atom. The normalized spacial score (nSPS) is 31.5. The maximum Gasteiger partial charge on any atom is 0.0340 e. The second kappa shape index (κ2) is 2.60. The fourth-order valence-electron chi connectivity index (χ4n) is 2.28. The second-order valence-corrected chi connectivity index (χ2v) is 5.34. The Morgan fingerprint density at radius 2 is 1.62 bits per heavy atom.